The van der Waals surface area contributed by atoms with Gasteiger partial charge in [0, 0.05) is 31.3 Å². The van der Waals surface area contributed by atoms with Gasteiger partial charge in [-0.1, -0.05) is 30.3 Å². The number of nitrogens with one attached hydrogen (secondary N) is 1. The molecule has 0 aromatic heterocycles. The Morgan fingerprint density at radius 3 is 2.52 bits per heavy atom. The highest BCUT2D eigenvalue weighted by molar-refractivity contribution is 5.89. The Kier molecular flexibility index (Phi) is 5.26. The number of amides is 1. The molecule has 5 nitrogen and oxygen atoms in total. The molecule has 4 rings (SSSR count). The Hall–Kier alpha value is -2.53. The smallest absolute Gasteiger partial charge is 0.231 e. The SMILES string of the molecule is COc1ccc2c(c1)OC(C)(C)C[C@H]2NC(=O)C1(c2ccccc2)CCOCC1. The molecule has 154 valence electrons. The van der Waals surface area contributed by atoms with Crippen LogP contribution < -0.4 is 14.8 Å². The zero-order chi connectivity index (χ0) is 20.5. The number of rotatable bonds is 4. The van der Waals surface area contributed by atoms with Crippen molar-refractivity contribution in [3.05, 3.63) is 59.7 Å². The van der Waals surface area contributed by atoms with E-state index in [0.29, 0.717) is 32.5 Å². The molecular formula is C24H29NO4. The molecule has 1 amide bonds. The Bertz CT molecular complexity index is 872. The van der Waals surface area contributed by atoms with E-state index in [4.69, 9.17) is 14.2 Å². The minimum atomic E-state index is -0.561. The number of carbonyl (C=O) groups is 1. The van der Waals surface area contributed by atoms with Crippen molar-refractivity contribution in [1.29, 1.82) is 0 Å². The normalized spacial score (nSPS) is 22.1. The van der Waals surface area contributed by atoms with Crippen molar-refractivity contribution in [3.63, 3.8) is 0 Å². The van der Waals surface area contributed by atoms with Crippen molar-refractivity contribution in [1.82, 2.24) is 5.32 Å². The van der Waals surface area contributed by atoms with Crippen LogP contribution in [0.2, 0.25) is 0 Å². The fourth-order valence-corrected chi connectivity index (χ4v) is 4.51. The van der Waals surface area contributed by atoms with E-state index in [1.165, 1.54) is 0 Å². The summed E-state index contributed by atoms with van der Waals surface area (Å²) in [4.78, 5) is 13.7. The van der Waals surface area contributed by atoms with E-state index in [9.17, 15) is 4.79 Å². The molecule has 5 heteroatoms. The van der Waals surface area contributed by atoms with Gasteiger partial charge >= 0.3 is 0 Å². The molecule has 2 heterocycles. The van der Waals surface area contributed by atoms with Crippen LogP contribution in [0.15, 0.2) is 48.5 Å². The van der Waals surface area contributed by atoms with Gasteiger partial charge in [0.15, 0.2) is 0 Å². The number of benzene rings is 2. The van der Waals surface area contributed by atoms with Crippen molar-refractivity contribution in [2.75, 3.05) is 20.3 Å². The molecule has 2 aliphatic rings. The van der Waals surface area contributed by atoms with Gasteiger partial charge in [-0.05, 0) is 44.4 Å². The van der Waals surface area contributed by atoms with Crippen LogP contribution in [0.5, 0.6) is 11.5 Å². The lowest BCUT2D eigenvalue weighted by molar-refractivity contribution is -0.131. The largest absolute Gasteiger partial charge is 0.497 e. The maximum Gasteiger partial charge on any atom is 0.231 e. The van der Waals surface area contributed by atoms with Gasteiger partial charge in [0.1, 0.15) is 17.1 Å². The molecule has 0 aliphatic carbocycles. The molecular weight excluding hydrogens is 366 g/mol. The van der Waals surface area contributed by atoms with Crippen LogP contribution in [0.1, 0.15) is 50.3 Å². The van der Waals surface area contributed by atoms with Crippen molar-refractivity contribution in [2.45, 2.75) is 50.2 Å². The molecule has 0 radical (unpaired) electrons. The Balaban J connectivity index is 1.66. The van der Waals surface area contributed by atoms with Crippen LogP contribution in [0.3, 0.4) is 0 Å². The number of hydrogen-bond donors (Lipinski definition) is 1. The molecule has 0 bridgehead atoms. The molecule has 2 aromatic rings. The molecule has 1 saturated heterocycles. The summed E-state index contributed by atoms with van der Waals surface area (Å²) in [6.07, 6.45) is 2.08. The standard InChI is InChI=1S/C24H29NO4/c1-23(2)16-20(19-10-9-18(27-3)15-21(19)29-23)25-22(26)24(11-13-28-14-12-24)17-7-5-4-6-8-17/h4-10,15,20H,11-14,16H2,1-3H3,(H,25,26)/t20-/m1/s1. The van der Waals surface area contributed by atoms with Crippen LogP contribution in [0, 0.1) is 0 Å². The van der Waals surface area contributed by atoms with E-state index in [1.54, 1.807) is 7.11 Å². The van der Waals surface area contributed by atoms with E-state index < -0.39 is 5.41 Å². The molecule has 2 aliphatic heterocycles. The molecule has 0 unspecified atom stereocenters. The van der Waals surface area contributed by atoms with Gasteiger partial charge in [0.2, 0.25) is 5.91 Å². The molecule has 29 heavy (non-hydrogen) atoms. The van der Waals surface area contributed by atoms with Crippen LogP contribution in [0.4, 0.5) is 0 Å². The summed E-state index contributed by atoms with van der Waals surface area (Å²) in [5.41, 5.74) is 1.11. The first-order chi connectivity index (χ1) is 13.9. The van der Waals surface area contributed by atoms with Crippen molar-refractivity contribution < 1.29 is 19.0 Å². The Morgan fingerprint density at radius 2 is 1.83 bits per heavy atom. The summed E-state index contributed by atoms with van der Waals surface area (Å²) >= 11 is 0. The molecule has 1 atom stereocenters. The third-order valence-corrected chi connectivity index (χ3v) is 6.09. The number of carbonyl (C=O) groups excluding carboxylic acids is 1. The number of hydrogen-bond acceptors (Lipinski definition) is 4. The lowest BCUT2D eigenvalue weighted by Crippen LogP contribution is -2.51. The Labute approximate surface area is 172 Å². The van der Waals surface area contributed by atoms with E-state index in [-0.39, 0.29) is 17.6 Å². The number of ether oxygens (including phenoxy) is 3. The first-order valence-corrected chi connectivity index (χ1v) is 10.2. The van der Waals surface area contributed by atoms with Gasteiger partial charge in [-0.3, -0.25) is 4.79 Å². The average Bonchev–Trinajstić information content (AvgIpc) is 2.73. The fourth-order valence-electron chi connectivity index (χ4n) is 4.51. The summed E-state index contributed by atoms with van der Waals surface area (Å²) in [7, 11) is 1.64. The van der Waals surface area contributed by atoms with E-state index in [2.05, 4.69) is 31.3 Å². The van der Waals surface area contributed by atoms with Gasteiger partial charge < -0.3 is 19.5 Å². The maximum absolute atomic E-state index is 13.7. The van der Waals surface area contributed by atoms with Crippen molar-refractivity contribution in [2.24, 2.45) is 0 Å². The van der Waals surface area contributed by atoms with Crippen LogP contribution in [-0.2, 0) is 14.9 Å². The summed E-state index contributed by atoms with van der Waals surface area (Å²) in [5, 5.41) is 3.36. The number of fused-ring (bicyclic) bond motifs is 1. The van der Waals surface area contributed by atoms with E-state index in [1.807, 2.05) is 36.4 Å². The highest BCUT2D eigenvalue weighted by Gasteiger charge is 2.44. The lowest BCUT2D eigenvalue weighted by Gasteiger charge is -2.41. The van der Waals surface area contributed by atoms with Gasteiger partial charge in [0.25, 0.3) is 0 Å². The topological polar surface area (TPSA) is 56.8 Å². The van der Waals surface area contributed by atoms with Crippen molar-refractivity contribution >= 4 is 5.91 Å². The van der Waals surface area contributed by atoms with Gasteiger partial charge in [-0.2, -0.15) is 0 Å². The average molecular weight is 395 g/mol. The summed E-state index contributed by atoms with van der Waals surface area (Å²) in [6, 6.07) is 15.8. The molecule has 0 saturated carbocycles. The molecule has 1 N–H and O–H groups in total. The third kappa shape index (κ3) is 3.84. The third-order valence-electron chi connectivity index (χ3n) is 6.09. The van der Waals surface area contributed by atoms with Crippen molar-refractivity contribution in [3.8, 4) is 11.5 Å². The predicted molar refractivity (Wildman–Crippen MR) is 111 cm³/mol. The van der Waals surface area contributed by atoms with Crippen LogP contribution >= 0.6 is 0 Å². The summed E-state index contributed by atoms with van der Waals surface area (Å²) in [5.74, 6) is 1.58. The summed E-state index contributed by atoms with van der Waals surface area (Å²) < 4.78 is 17.1. The first kappa shape index (κ1) is 19.8. The lowest BCUT2D eigenvalue weighted by atomic mass is 9.73. The predicted octanol–water partition coefficient (Wildman–Crippen LogP) is 4.16. The van der Waals surface area contributed by atoms with E-state index >= 15 is 0 Å². The minimum Gasteiger partial charge on any atom is -0.497 e. The fraction of sp³-hybridized carbons (Fsp3) is 0.458. The van der Waals surface area contributed by atoms with Gasteiger partial charge in [-0.15, -0.1) is 0 Å². The second-order valence-electron chi connectivity index (χ2n) is 8.56. The maximum atomic E-state index is 13.7. The number of methoxy groups -OCH3 is 1. The minimum absolute atomic E-state index is 0.0662. The Morgan fingerprint density at radius 1 is 1.10 bits per heavy atom. The molecule has 1 fully saturated rings. The quantitative estimate of drug-likeness (QED) is 0.845. The van der Waals surface area contributed by atoms with Gasteiger partial charge in [-0.25, -0.2) is 0 Å². The second kappa shape index (κ2) is 7.71. The van der Waals surface area contributed by atoms with Gasteiger partial charge in [0.05, 0.1) is 18.6 Å². The zero-order valence-corrected chi connectivity index (χ0v) is 17.4. The van der Waals surface area contributed by atoms with Crippen LogP contribution in [-0.4, -0.2) is 31.8 Å². The molecule has 0 spiro atoms. The zero-order valence-electron chi connectivity index (χ0n) is 17.4. The summed E-state index contributed by atoms with van der Waals surface area (Å²) in [6.45, 7) is 5.29. The monoisotopic (exact) mass is 395 g/mol. The highest BCUT2D eigenvalue weighted by Crippen LogP contribution is 2.43. The van der Waals surface area contributed by atoms with E-state index in [0.717, 1.165) is 22.6 Å². The van der Waals surface area contributed by atoms with Crippen LogP contribution in [0.25, 0.3) is 0 Å². The molecule has 2 aromatic carbocycles. The highest BCUT2D eigenvalue weighted by atomic mass is 16.5. The second-order valence-corrected chi connectivity index (χ2v) is 8.56. The first-order valence-electron chi connectivity index (χ1n) is 10.2.